The number of nitro groups is 1. The summed E-state index contributed by atoms with van der Waals surface area (Å²) in [7, 11) is 1.99. The van der Waals surface area contributed by atoms with Gasteiger partial charge in [0.15, 0.2) is 0 Å². The first-order chi connectivity index (χ1) is 9.97. The fourth-order valence-corrected chi connectivity index (χ4v) is 2.18. The lowest BCUT2D eigenvalue weighted by molar-refractivity contribution is -0.384. The van der Waals surface area contributed by atoms with Gasteiger partial charge < -0.3 is 20.1 Å². The van der Waals surface area contributed by atoms with Crippen LogP contribution in [0.25, 0.3) is 0 Å². The summed E-state index contributed by atoms with van der Waals surface area (Å²) in [6.07, 6.45) is -0.0532. The van der Waals surface area contributed by atoms with Crippen LogP contribution in [0, 0.1) is 10.1 Å². The smallest absolute Gasteiger partial charge is 0.335 e. The fourth-order valence-electron chi connectivity index (χ4n) is 2.18. The molecule has 1 saturated heterocycles. The van der Waals surface area contributed by atoms with Crippen molar-refractivity contribution in [3.63, 3.8) is 0 Å². The van der Waals surface area contributed by atoms with Crippen LogP contribution in [0.1, 0.15) is 10.4 Å². The van der Waals surface area contributed by atoms with Crippen molar-refractivity contribution in [1.29, 1.82) is 0 Å². The molecule has 8 heteroatoms. The average molecular weight is 295 g/mol. The minimum Gasteiger partial charge on any atom is -0.478 e. The Bertz CT molecular complexity index is 549. The standard InChI is InChI=1S/C13H17N3O5/c1-15-4-5-21-10(8-15)7-14-11-3-2-9(13(17)18)6-12(11)16(19)20/h2-3,6,10,14H,4-5,7-8H2,1H3,(H,17,18). The summed E-state index contributed by atoms with van der Waals surface area (Å²) >= 11 is 0. The molecule has 1 fully saturated rings. The number of carboxylic acids is 1. The van der Waals surface area contributed by atoms with E-state index >= 15 is 0 Å². The van der Waals surface area contributed by atoms with Gasteiger partial charge in [0, 0.05) is 25.7 Å². The molecule has 2 rings (SSSR count). The van der Waals surface area contributed by atoms with Crippen molar-refractivity contribution in [3.8, 4) is 0 Å². The zero-order chi connectivity index (χ0) is 15.4. The van der Waals surface area contributed by atoms with Crippen molar-refractivity contribution in [3.05, 3.63) is 33.9 Å². The molecule has 0 bridgehead atoms. The number of hydrogen-bond donors (Lipinski definition) is 2. The number of hydrogen-bond acceptors (Lipinski definition) is 6. The maximum Gasteiger partial charge on any atom is 0.335 e. The topological polar surface area (TPSA) is 105 Å². The van der Waals surface area contributed by atoms with Gasteiger partial charge >= 0.3 is 5.97 Å². The van der Waals surface area contributed by atoms with Gasteiger partial charge in [0.1, 0.15) is 5.69 Å². The molecule has 1 heterocycles. The van der Waals surface area contributed by atoms with E-state index < -0.39 is 10.9 Å². The Morgan fingerprint density at radius 3 is 3.00 bits per heavy atom. The van der Waals surface area contributed by atoms with Gasteiger partial charge in [-0.05, 0) is 19.2 Å². The van der Waals surface area contributed by atoms with E-state index in [9.17, 15) is 14.9 Å². The van der Waals surface area contributed by atoms with Crippen LogP contribution in [0.5, 0.6) is 0 Å². The second-order valence-electron chi connectivity index (χ2n) is 4.93. The summed E-state index contributed by atoms with van der Waals surface area (Å²) in [5.74, 6) is -1.19. The van der Waals surface area contributed by atoms with E-state index in [1.807, 2.05) is 7.05 Å². The molecule has 1 unspecified atom stereocenters. The van der Waals surface area contributed by atoms with Gasteiger partial charge in [0.05, 0.1) is 23.2 Å². The Labute approximate surface area is 121 Å². The highest BCUT2D eigenvalue weighted by Crippen LogP contribution is 2.25. The second-order valence-corrected chi connectivity index (χ2v) is 4.93. The number of carboxylic acid groups (broad SMARTS) is 1. The molecular weight excluding hydrogens is 278 g/mol. The van der Waals surface area contributed by atoms with Gasteiger partial charge in [-0.3, -0.25) is 10.1 Å². The molecule has 1 atom stereocenters. The van der Waals surface area contributed by atoms with Crippen LogP contribution in [0.15, 0.2) is 18.2 Å². The minimum absolute atomic E-state index is 0.0532. The maximum absolute atomic E-state index is 11.0. The van der Waals surface area contributed by atoms with E-state index in [0.717, 1.165) is 19.2 Å². The van der Waals surface area contributed by atoms with Crippen molar-refractivity contribution in [1.82, 2.24) is 4.90 Å². The maximum atomic E-state index is 11.0. The van der Waals surface area contributed by atoms with Crippen LogP contribution in [-0.4, -0.2) is 60.3 Å². The molecule has 0 amide bonds. The molecule has 1 aromatic carbocycles. The van der Waals surface area contributed by atoms with E-state index in [-0.39, 0.29) is 17.4 Å². The lowest BCUT2D eigenvalue weighted by atomic mass is 10.1. The summed E-state index contributed by atoms with van der Waals surface area (Å²) in [6, 6.07) is 3.80. The van der Waals surface area contributed by atoms with E-state index in [0.29, 0.717) is 18.8 Å². The first-order valence-electron chi connectivity index (χ1n) is 6.53. The number of nitro benzene ring substituents is 1. The third-order valence-electron chi connectivity index (χ3n) is 3.30. The van der Waals surface area contributed by atoms with Crippen LogP contribution in [0.4, 0.5) is 11.4 Å². The molecule has 0 spiro atoms. The molecule has 0 aliphatic carbocycles. The SMILES string of the molecule is CN1CCOC(CNc2ccc(C(=O)O)cc2[N+](=O)[O-])C1. The molecule has 1 aromatic rings. The molecule has 8 nitrogen and oxygen atoms in total. The van der Waals surface area contributed by atoms with Gasteiger partial charge in [-0.2, -0.15) is 0 Å². The Morgan fingerprint density at radius 2 is 2.38 bits per heavy atom. The number of morpholine rings is 1. The second kappa shape index (κ2) is 6.51. The van der Waals surface area contributed by atoms with Crippen molar-refractivity contribution >= 4 is 17.3 Å². The molecule has 0 aromatic heterocycles. The number of carbonyl (C=O) groups is 1. The highest BCUT2D eigenvalue weighted by atomic mass is 16.6. The van der Waals surface area contributed by atoms with Crippen LogP contribution in [-0.2, 0) is 4.74 Å². The van der Waals surface area contributed by atoms with E-state index in [4.69, 9.17) is 9.84 Å². The first kappa shape index (κ1) is 15.2. The van der Waals surface area contributed by atoms with E-state index in [1.165, 1.54) is 12.1 Å². The third-order valence-corrected chi connectivity index (χ3v) is 3.30. The number of nitrogens with zero attached hydrogens (tertiary/aromatic N) is 2. The average Bonchev–Trinajstić information content (AvgIpc) is 2.44. The van der Waals surface area contributed by atoms with Gasteiger partial charge in [-0.1, -0.05) is 0 Å². The number of rotatable bonds is 5. The molecule has 21 heavy (non-hydrogen) atoms. The number of nitrogens with one attached hydrogen (secondary N) is 1. The number of likely N-dealkylation sites (N-methyl/N-ethyl adjacent to an activating group) is 1. The number of aromatic carboxylic acids is 1. The van der Waals surface area contributed by atoms with Crippen LogP contribution in [0.3, 0.4) is 0 Å². The zero-order valence-corrected chi connectivity index (χ0v) is 11.6. The van der Waals surface area contributed by atoms with Gasteiger partial charge in [-0.25, -0.2) is 4.79 Å². The zero-order valence-electron chi connectivity index (χ0n) is 11.6. The lowest BCUT2D eigenvalue weighted by Crippen LogP contribution is -2.43. The monoisotopic (exact) mass is 295 g/mol. The third kappa shape index (κ3) is 3.89. The lowest BCUT2D eigenvalue weighted by Gasteiger charge is -2.30. The highest BCUT2D eigenvalue weighted by Gasteiger charge is 2.21. The summed E-state index contributed by atoms with van der Waals surface area (Å²) in [5.41, 5.74) is -0.0678. The predicted molar refractivity (Wildman–Crippen MR) is 75.8 cm³/mol. The van der Waals surface area contributed by atoms with Crippen LogP contribution in [0.2, 0.25) is 0 Å². The van der Waals surface area contributed by atoms with E-state index in [1.54, 1.807) is 0 Å². The number of ether oxygens (including phenoxy) is 1. The minimum atomic E-state index is -1.19. The van der Waals surface area contributed by atoms with Crippen molar-refractivity contribution in [2.75, 3.05) is 38.6 Å². The first-order valence-corrected chi connectivity index (χ1v) is 6.53. The number of anilines is 1. The Balaban J connectivity index is 2.08. The van der Waals surface area contributed by atoms with Crippen molar-refractivity contribution in [2.24, 2.45) is 0 Å². The summed E-state index contributed by atoms with van der Waals surface area (Å²) < 4.78 is 5.56. The summed E-state index contributed by atoms with van der Waals surface area (Å²) in [6.45, 7) is 2.67. The molecule has 0 saturated carbocycles. The Hall–Kier alpha value is -2.19. The quantitative estimate of drug-likeness (QED) is 0.617. The molecule has 1 aliphatic rings. The largest absolute Gasteiger partial charge is 0.478 e. The predicted octanol–water partition coefficient (Wildman–Crippen LogP) is 1.04. The van der Waals surface area contributed by atoms with Gasteiger partial charge in [0.25, 0.3) is 5.69 Å². The molecular formula is C13H17N3O5. The van der Waals surface area contributed by atoms with Crippen LogP contribution >= 0.6 is 0 Å². The molecule has 1 aliphatic heterocycles. The molecule has 114 valence electrons. The Morgan fingerprint density at radius 1 is 1.62 bits per heavy atom. The highest BCUT2D eigenvalue weighted by molar-refractivity contribution is 5.89. The summed E-state index contributed by atoms with van der Waals surface area (Å²) in [5, 5.41) is 22.9. The molecule has 2 N–H and O–H groups in total. The van der Waals surface area contributed by atoms with Crippen molar-refractivity contribution < 1.29 is 19.6 Å². The summed E-state index contributed by atoms with van der Waals surface area (Å²) in [4.78, 5) is 23.4. The fraction of sp³-hybridized carbons (Fsp3) is 0.462. The molecule has 0 radical (unpaired) electrons. The Kier molecular flexibility index (Phi) is 4.71. The van der Waals surface area contributed by atoms with Crippen molar-refractivity contribution in [2.45, 2.75) is 6.10 Å². The van der Waals surface area contributed by atoms with Gasteiger partial charge in [-0.15, -0.1) is 0 Å². The normalized spacial score (nSPS) is 19.2. The van der Waals surface area contributed by atoms with Crippen LogP contribution < -0.4 is 5.32 Å². The van der Waals surface area contributed by atoms with Gasteiger partial charge in [0.2, 0.25) is 0 Å². The number of benzene rings is 1. The van der Waals surface area contributed by atoms with E-state index in [2.05, 4.69) is 10.2 Å².